The lowest BCUT2D eigenvalue weighted by atomic mass is 10.1. The maximum Gasteiger partial charge on any atom is 0.243 e. The van der Waals surface area contributed by atoms with E-state index >= 15 is 0 Å². The Hall–Kier alpha value is -2.36. The molecule has 0 saturated carbocycles. The molecule has 18 heavy (non-hydrogen) atoms. The van der Waals surface area contributed by atoms with Crippen LogP contribution in [-0.2, 0) is 6.54 Å². The van der Waals surface area contributed by atoms with Gasteiger partial charge in [0.15, 0.2) is 5.65 Å². The average Bonchev–Trinajstić information content (AvgIpc) is 2.80. The summed E-state index contributed by atoms with van der Waals surface area (Å²) in [5.41, 5.74) is 3.38. The Morgan fingerprint density at radius 3 is 2.78 bits per heavy atom. The van der Waals surface area contributed by atoms with Gasteiger partial charge in [-0.25, -0.2) is 4.52 Å². The highest BCUT2D eigenvalue weighted by molar-refractivity contribution is 5.43. The second kappa shape index (κ2) is 4.49. The zero-order chi connectivity index (χ0) is 12.4. The van der Waals surface area contributed by atoms with Crippen LogP contribution < -0.4 is 5.32 Å². The number of pyridine rings is 1. The molecule has 0 bridgehead atoms. The Morgan fingerprint density at radius 2 is 1.94 bits per heavy atom. The van der Waals surface area contributed by atoms with Crippen molar-refractivity contribution in [3.05, 3.63) is 59.8 Å². The second-order valence-electron chi connectivity index (χ2n) is 4.22. The van der Waals surface area contributed by atoms with Gasteiger partial charge in [0, 0.05) is 12.7 Å². The Morgan fingerprint density at radius 1 is 1.11 bits per heavy atom. The van der Waals surface area contributed by atoms with Crippen LogP contribution in [0.15, 0.2) is 48.7 Å². The van der Waals surface area contributed by atoms with Gasteiger partial charge in [0.1, 0.15) is 0 Å². The van der Waals surface area contributed by atoms with Crippen molar-refractivity contribution in [1.29, 1.82) is 0 Å². The summed E-state index contributed by atoms with van der Waals surface area (Å²) in [6.07, 6.45) is 1.89. The Balaban J connectivity index is 1.79. The van der Waals surface area contributed by atoms with Crippen molar-refractivity contribution in [1.82, 2.24) is 14.6 Å². The minimum absolute atomic E-state index is 0.657. The van der Waals surface area contributed by atoms with E-state index in [2.05, 4.69) is 34.5 Å². The molecule has 1 aromatic carbocycles. The van der Waals surface area contributed by atoms with Crippen molar-refractivity contribution in [2.75, 3.05) is 5.32 Å². The molecule has 0 spiro atoms. The molecule has 2 heterocycles. The lowest BCUT2D eigenvalue weighted by Gasteiger charge is -2.05. The van der Waals surface area contributed by atoms with Crippen molar-refractivity contribution < 1.29 is 0 Å². The largest absolute Gasteiger partial charge is 0.349 e. The third-order valence-electron chi connectivity index (χ3n) is 2.94. The summed E-state index contributed by atoms with van der Waals surface area (Å²) in [5, 5.41) is 7.60. The third-order valence-corrected chi connectivity index (χ3v) is 2.94. The lowest BCUT2D eigenvalue weighted by molar-refractivity contribution is 0.949. The van der Waals surface area contributed by atoms with Crippen LogP contribution >= 0.6 is 0 Å². The van der Waals surface area contributed by atoms with Crippen LogP contribution in [0.25, 0.3) is 5.65 Å². The first-order valence-electron chi connectivity index (χ1n) is 5.93. The molecule has 3 aromatic rings. The van der Waals surface area contributed by atoms with Crippen molar-refractivity contribution in [3.63, 3.8) is 0 Å². The highest BCUT2D eigenvalue weighted by Gasteiger charge is 2.02. The van der Waals surface area contributed by atoms with Gasteiger partial charge in [-0.15, -0.1) is 5.10 Å². The number of nitrogens with zero attached hydrogens (tertiary/aromatic N) is 3. The molecule has 3 rings (SSSR count). The molecule has 0 fully saturated rings. The Labute approximate surface area is 105 Å². The Bertz CT molecular complexity index is 639. The van der Waals surface area contributed by atoms with Crippen LogP contribution in [0, 0.1) is 6.92 Å². The monoisotopic (exact) mass is 238 g/mol. The number of hydrogen-bond donors (Lipinski definition) is 1. The number of benzene rings is 1. The average molecular weight is 238 g/mol. The van der Waals surface area contributed by atoms with E-state index < -0.39 is 0 Å². The number of hydrogen-bond acceptors (Lipinski definition) is 3. The number of aryl methyl sites for hydroxylation is 1. The van der Waals surface area contributed by atoms with E-state index in [1.54, 1.807) is 4.52 Å². The summed E-state index contributed by atoms with van der Waals surface area (Å²) in [5.74, 6) is 0.657. The third kappa shape index (κ3) is 2.05. The fourth-order valence-electron chi connectivity index (χ4n) is 1.89. The molecule has 2 aromatic heterocycles. The maximum absolute atomic E-state index is 4.40. The number of nitrogens with one attached hydrogen (secondary N) is 1. The first-order valence-corrected chi connectivity index (χ1v) is 5.93. The van der Waals surface area contributed by atoms with E-state index in [0.29, 0.717) is 5.95 Å². The summed E-state index contributed by atoms with van der Waals surface area (Å²) in [6.45, 7) is 2.84. The van der Waals surface area contributed by atoms with E-state index in [4.69, 9.17) is 0 Å². The predicted molar refractivity (Wildman–Crippen MR) is 71.5 cm³/mol. The van der Waals surface area contributed by atoms with Gasteiger partial charge < -0.3 is 5.32 Å². The summed E-state index contributed by atoms with van der Waals surface area (Å²) in [4.78, 5) is 4.40. The number of fused-ring (bicyclic) bond motifs is 1. The molecule has 0 amide bonds. The topological polar surface area (TPSA) is 42.2 Å². The molecule has 0 radical (unpaired) electrons. The van der Waals surface area contributed by atoms with E-state index in [9.17, 15) is 0 Å². The zero-order valence-electron chi connectivity index (χ0n) is 10.2. The minimum Gasteiger partial charge on any atom is -0.349 e. The van der Waals surface area contributed by atoms with Gasteiger partial charge in [0.2, 0.25) is 5.95 Å². The molecule has 0 aliphatic carbocycles. The van der Waals surface area contributed by atoms with Crippen molar-refractivity contribution in [3.8, 4) is 0 Å². The van der Waals surface area contributed by atoms with E-state index in [1.165, 1.54) is 11.1 Å². The molecule has 0 saturated heterocycles. The highest BCUT2D eigenvalue weighted by Crippen LogP contribution is 2.10. The minimum atomic E-state index is 0.657. The van der Waals surface area contributed by atoms with Gasteiger partial charge in [-0.05, 0) is 30.2 Å². The van der Waals surface area contributed by atoms with E-state index in [-0.39, 0.29) is 0 Å². The maximum atomic E-state index is 4.40. The molecule has 90 valence electrons. The molecular formula is C14H14N4. The molecule has 1 N–H and O–H groups in total. The number of anilines is 1. The number of rotatable bonds is 3. The summed E-state index contributed by atoms with van der Waals surface area (Å²) in [7, 11) is 0. The molecule has 4 nitrogen and oxygen atoms in total. The van der Waals surface area contributed by atoms with Gasteiger partial charge in [0.25, 0.3) is 0 Å². The molecular weight excluding hydrogens is 224 g/mol. The summed E-state index contributed by atoms with van der Waals surface area (Å²) < 4.78 is 1.76. The van der Waals surface area contributed by atoms with Gasteiger partial charge in [-0.2, -0.15) is 4.98 Å². The number of aromatic nitrogens is 3. The normalized spacial score (nSPS) is 10.7. The standard InChI is InChI=1S/C14H14N4/c1-11-6-2-3-7-12(11)10-15-14-16-13-8-4-5-9-18(13)17-14/h2-9H,10H2,1H3,(H,15,17). The van der Waals surface area contributed by atoms with E-state index in [1.807, 2.05) is 36.5 Å². The SMILES string of the molecule is Cc1ccccc1CNc1nc2ccccn2n1. The lowest BCUT2D eigenvalue weighted by Crippen LogP contribution is -2.02. The zero-order valence-corrected chi connectivity index (χ0v) is 10.2. The van der Waals surface area contributed by atoms with Gasteiger partial charge in [-0.3, -0.25) is 0 Å². The van der Waals surface area contributed by atoms with Gasteiger partial charge >= 0.3 is 0 Å². The fraction of sp³-hybridized carbons (Fsp3) is 0.143. The molecule has 0 unspecified atom stereocenters. The van der Waals surface area contributed by atoms with Crippen LogP contribution in [0.5, 0.6) is 0 Å². The molecule has 0 atom stereocenters. The van der Waals surface area contributed by atoms with Crippen LogP contribution in [0.1, 0.15) is 11.1 Å². The molecule has 0 aliphatic rings. The first-order chi connectivity index (χ1) is 8.83. The summed E-state index contributed by atoms with van der Waals surface area (Å²) >= 11 is 0. The van der Waals surface area contributed by atoms with Crippen LogP contribution in [0.3, 0.4) is 0 Å². The first kappa shape index (κ1) is 10.8. The van der Waals surface area contributed by atoms with Gasteiger partial charge in [-0.1, -0.05) is 30.3 Å². The summed E-state index contributed by atoms with van der Waals surface area (Å²) in [6, 6.07) is 14.1. The predicted octanol–water partition coefficient (Wildman–Crippen LogP) is 2.65. The quantitative estimate of drug-likeness (QED) is 0.762. The molecule has 4 heteroatoms. The second-order valence-corrected chi connectivity index (χ2v) is 4.22. The van der Waals surface area contributed by atoms with Crippen molar-refractivity contribution >= 4 is 11.6 Å². The van der Waals surface area contributed by atoms with Crippen molar-refractivity contribution in [2.45, 2.75) is 13.5 Å². The van der Waals surface area contributed by atoms with Crippen LogP contribution in [0.4, 0.5) is 5.95 Å². The smallest absolute Gasteiger partial charge is 0.243 e. The van der Waals surface area contributed by atoms with Crippen LogP contribution in [-0.4, -0.2) is 14.6 Å². The molecule has 0 aliphatic heterocycles. The fourth-order valence-corrected chi connectivity index (χ4v) is 1.89. The van der Waals surface area contributed by atoms with Crippen molar-refractivity contribution in [2.24, 2.45) is 0 Å². The van der Waals surface area contributed by atoms with Gasteiger partial charge in [0.05, 0.1) is 0 Å². The van der Waals surface area contributed by atoms with E-state index in [0.717, 1.165) is 12.2 Å². The van der Waals surface area contributed by atoms with Crippen LogP contribution in [0.2, 0.25) is 0 Å². The highest BCUT2D eigenvalue weighted by atomic mass is 15.3. The Kier molecular flexibility index (Phi) is 2.68.